The number of nitrogens with two attached hydrogens (primary N) is 1. The van der Waals surface area contributed by atoms with Gasteiger partial charge in [-0.2, -0.15) is 4.31 Å². The van der Waals surface area contributed by atoms with Gasteiger partial charge in [0.25, 0.3) is 5.69 Å². The van der Waals surface area contributed by atoms with E-state index in [0.717, 1.165) is 12.1 Å². The van der Waals surface area contributed by atoms with Crippen LogP contribution in [0.1, 0.15) is 46.8 Å². The molecule has 1 aromatic heterocycles. The molecule has 4 aromatic rings. The Kier molecular flexibility index (Phi) is 13.0. The summed E-state index contributed by atoms with van der Waals surface area (Å²) in [6.45, 7) is -0.693. The molecule has 3 heterocycles. The van der Waals surface area contributed by atoms with Gasteiger partial charge >= 0.3 is 15.6 Å². The van der Waals surface area contributed by atoms with Gasteiger partial charge < -0.3 is 54.6 Å². The van der Waals surface area contributed by atoms with Crippen LogP contribution in [0.15, 0.2) is 67.0 Å². The summed E-state index contributed by atoms with van der Waals surface area (Å²) < 4.78 is 72.1. The number of methoxy groups -OCH3 is 2. The number of ether oxygens (including phenoxy) is 4. The number of carbonyl (C=O) groups excluding carboxylic acids is 1. The highest BCUT2D eigenvalue weighted by atomic mass is 31.3. The van der Waals surface area contributed by atoms with Crippen LogP contribution in [0, 0.1) is 10.1 Å². The zero-order valence-electron chi connectivity index (χ0n) is 30.8. The van der Waals surface area contributed by atoms with Crippen LogP contribution in [0.4, 0.5) is 5.69 Å². The van der Waals surface area contributed by atoms with Gasteiger partial charge in [0.2, 0.25) is 5.91 Å². The highest BCUT2D eigenvalue weighted by Crippen LogP contribution is 2.66. The van der Waals surface area contributed by atoms with E-state index in [2.05, 4.69) is 4.98 Å². The third-order valence-corrected chi connectivity index (χ3v) is 12.6. The van der Waals surface area contributed by atoms with Gasteiger partial charge in [0.05, 0.1) is 67.5 Å². The molecule has 1 amide bonds. The van der Waals surface area contributed by atoms with E-state index in [4.69, 9.17) is 42.6 Å². The molecular formula is C34H40N4O18P2. The minimum absolute atomic E-state index is 0.00593. The molecule has 24 heteroatoms. The number of phosphoric ester groups is 2. The molecule has 3 unspecified atom stereocenters. The molecule has 0 saturated carbocycles. The minimum Gasteiger partial charge on any atom is -0.493 e. The number of rotatable bonds is 17. The fourth-order valence-electron chi connectivity index (χ4n) is 6.48. The smallest absolute Gasteiger partial charge is 0.484 e. The van der Waals surface area contributed by atoms with E-state index in [1.807, 2.05) is 0 Å². The Morgan fingerprint density at radius 1 is 0.931 bits per heavy atom. The molecule has 0 aliphatic carbocycles. The predicted molar refractivity (Wildman–Crippen MR) is 196 cm³/mol. The molecule has 11 atom stereocenters. The summed E-state index contributed by atoms with van der Waals surface area (Å²) in [4.78, 5) is 38.0. The first-order chi connectivity index (χ1) is 27.5. The van der Waals surface area contributed by atoms with Gasteiger partial charge in [-0.05, 0) is 42.8 Å². The van der Waals surface area contributed by atoms with Crippen molar-refractivity contribution in [2.45, 2.75) is 62.0 Å². The summed E-state index contributed by atoms with van der Waals surface area (Å²) in [6, 6.07) is 14.7. The molecule has 314 valence electrons. The first-order valence-electron chi connectivity index (χ1n) is 17.3. The van der Waals surface area contributed by atoms with Crippen molar-refractivity contribution in [3.63, 3.8) is 0 Å². The van der Waals surface area contributed by atoms with E-state index >= 15 is 0 Å². The van der Waals surface area contributed by atoms with Crippen molar-refractivity contribution in [3.8, 4) is 11.5 Å². The Bertz CT molecular complexity index is 2240. The summed E-state index contributed by atoms with van der Waals surface area (Å²) in [5.41, 5.74) is 5.88. The Labute approximate surface area is 328 Å². The lowest BCUT2D eigenvalue weighted by Gasteiger charge is -2.25. The van der Waals surface area contributed by atoms with Gasteiger partial charge in [0.1, 0.15) is 42.7 Å². The van der Waals surface area contributed by atoms with E-state index in [9.17, 15) is 49.4 Å². The van der Waals surface area contributed by atoms with Crippen LogP contribution in [0.3, 0.4) is 0 Å². The molecule has 2 aliphatic heterocycles. The molecule has 6 rings (SSSR count). The van der Waals surface area contributed by atoms with Crippen LogP contribution < -0.4 is 15.2 Å². The number of amides is 1. The number of benzene rings is 3. The molecule has 2 fully saturated rings. The number of fused-ring (bicyclic) bond motifs is 1. The molecule has 0 spiro atoms. The summed E-state index contributed by atoms with van der Waals surface area (Å²) in [6.07, 6.45) is -12.3. The lowest BCUT2D eigenvalue weighted by Crippen LogP contribution is -2.33. The maximum absolute atomic E-state index is 14.3. The van der Waals surface area contributed by atoms with Crippen LogP contribution in [-0.4, -0.2) is 110 Å². The largest absolute Gasteiger partial charge is 0.493 e. The van der Waals surface area contributed by atoms with Crippen molar-refractivity contribution in [1.82, 2.24) is 9.55 Å². The third kappa shape index (κ3) is 9.09. The number of phosphoric acid groups is 2. The number of nitro groups is 1. The zero-order chi connectivity index (χ0) is 42.1. The number of para-hydroxylation sites is 2. The van der Waals surface area contributed by atoms with Crippen LogP contribution in [0.25, 0.3) is 11.0 Å². The predicted octanol–water partition coefficient (Wildman–Crippen LogP) is 2.58. The number of aliphatic hydroxyl groups is 4. The minimum atomic E-state index is -5.58. The zero-order valence-corrected chi connectivity index (χ0v) is 32.6. The topological polar surface area (TPSA) is 313 Å². The summed E-state index contributed by atoms with van der Waals surface area (Å²) >= 11 is 0. The second-order valence-electron chi connectivity index (χ2n) is 13.1. The number of imidazole rings is 1. The fourth-order valence-corrected chi connectivity index (χ4v) is 9.25. The van der Waals surface area contributed by atoms with E-state index in [0.29, 0.717) is 11.0 Å². The van der Waals surface area contributed by atoms with Gasteiger partial charge in [-0.15, -0.1) is 0 Å². The van der Waals surface area contributed by atoms with Crippen molar-refractivity contribution in [2.75, 3.05) is 27.4 Å². The van der Waals surface area contributed by atoms with E-state index < -0.39 is 100 Å². The van der Waals surface area contributed by atoms with Crippen LogP contribution >= 0.6 is 15.6 Å². The Balaban J connectivity index is 1.23. The number of nitrogens with zero attached hydrogens (tertiary/aromatic N) is 3. The molecule has 3 aromatic carbocycles. The Hall–Kier alpha value is -4.38. The third-order valence-electron chi connectivity index (χ3n) is 9.41. The van der Waals surface area contributed by atoms with Crippen molar-refractivity contribution in [3.05, 3.63) is 93.8 Å². The number of hydrogen-bond donors (Lipinski definition) is 6. The van der Waals surface area contributed by atoms with Gasteiger partial charge in [0.15, 0.2) is 17.7 Å². The highest BCUT2D eigenvalue weighted by Gasteiger charge is 2.49. The molecule has 2 aliphatic rings. The Morgan fingerprint density at radius 3 is 2.28 bits per heavy atom. The average molecular weight is 855 g/mol. The summed E-state index contributed by atoms with van der Waals surface area (Å²) in [7, 11) is -8.56. The lowest BCUT2D eigenvalue weighted by atomic mass is 10.00. The molecule has 0 radical (unpaired) electrons. The maximum atomic E-state index is 14.3. The normalized spacial score (nSPS) is 27.2. The van der Waals surface area contributed by atoms with E-state index in [-0.39, 0.29) is 28.2 Å². The second-order valence-corrected chi connectivity index (χ2v) is 16.3. The van der Waals surface area contributed by atoms with E-state index in [1.165, 1.54) is 56.3 Å². The van der Waals surface area contributed by atoms with E-state index in [1.54, 1.807) is 24.3 Å². The standard InChI is InChI=1S/C34H40N4O18P2/c1-17(20-12-24(49-2)25(50-3)13-23(20)38(44)45)55-58(48,52-15-26-28(39)30(41)32(53-26)18-7-6-8-19(11-18)33(35)43)56-57(46,47)51-14-27-29(40)31(42)34(54-27)37-16-36-21-9-4-5-10-22(21)37/h4-13,16-17,26-32,34,39-42H,14-15H2,1-3H3,(H2,35,43)(H,46,47)/t17?,26-,27-,28-,29-,30-,31-,32+,34-,58?/m1/s1. The molecule has 22 nitrogen and oxygen atoms in total. The van der Waals surface area contributed by atoms with Crippen molar-refractivity contribution in [1.29, 1.82) is 0 Å². The fraction of sp³-hybridized carbons (Fsp3) is 0.412. The summed E-state index contributed by atoms with van der Waals surface area (Å²) in [5.74, 6) is -0.823. The number of aliphatic hydroxyl groups excluding tert-OH is 4. The van der Waals surface area contributed by atoms with Gasteiger partial charge in [-0.3, -0.25) is 28.5 Å². The average Bonchev–Trinajstić information content (AvgIpc) is 3.84. The molecule has 0 bridgehead atoms. The first kappa shape index (κ1) is 43.2. The van der Waals surface area contributed by atoms with Gasteiger partial charge in [-0.1, -0.05) is 24.3 Å². The number of aromatic nitrogens is 2. The maximum Gasteiger partial charge on any atom is 0.484 e. The molecular weight excluding hydrogens is 814 g/mol. The van der Waals surface area contributed by atoms with Crippen molar-refractivity contribution < 1.29 is 81.0 Å². The Morgan fingerprint density at radius 2 is 1.59 bits per heavy atom. The van der Waals surface area contributed by atoms with Crippen LogP contribution in [0.5, 0.6) is 11.5 Å². The summed E-state index contributed by atoms with van der Waals surface area (Å²) in [5, 5.41) is 55.3. The van der Waals surface area contributed by atoms with Gasteiger partial charge in [-0.25, -0.2) is 14.1 Å². The molecule has 7 N–H and O–H groups in total. The SMILES string of the molecule is COc1cc(C(C)OP(=O)(OC[C@H]2O[C@@H](c3cccc(C(N)=O)c3)[C@H](O)[C@@H]2O)OP(=O)(O)OC[C@H]2O[C@@H](n3cnc4ccccc43)[C@H](O)[C@@H]2O)c([N+](=O)[O-])cc1OC. The molecule has 58 heavy (non-hydrogen) atoms. The quantitative estimate of drug-likeness (QED) is 0.0505. The molecule has 2 saturated heterocycles. The second kappa shape index (κ2) is 17.5. The number of nitro benzene ring substituents is 1. The van der Waals surface area contributed by atoms with Gasteiger partial charge in [0, 0.05) is 5.56 Å². The lowest BCUT2D eigenvalue weighted by molar-refractivity contribution is -0.386. The number of hydrogen-bond acceptors (Lipinski definition) is 18. The monoisotopic (exact) mass is 854 g/mol. The number of carbonyl (C=O) groups is 1. The van der Waals surface area contributed by atoms with Crippen molar-refractivity contribution >= 4 is 38.3 Å². The van der Waals surface area contributed by atoms with Crippen molar-refractivity contribution in [2.24, 2.45) is 5.73 Å². The first-order valence-corrected chi connectivity index (χ1v) is 20.3. The van der Waals surface area contributed by atoms with Crippen LogP contribution in [-0.2, 0) is 36.5 Å². The van der Waals surface area contributed by atoms with Crippen LogP contribution in [0.2, 0.25) is 0 Å². The highest BCUT2D eigenvalue weighted by molar-refractivity contribution is 7.61. The number of primary amides is 1.